The lowest BCUT2D eigenvalue weighted by molar-refractivity contribution is -0.171. The first-order valence-corrected chi connectivity index (χ1v) is 8.24. The summed E-state index contributed by atoms with van der Waals surface area (Å²) in [5.41, 5.74) is 0.169. The molecule has 0 spiro atoms. The number of Topliss-reactive ketones (excluding diaryl/α,β-unsaturated/α-hetero) is 1. The zero-order valence-electron chi connectivity index (χ0n) is 14.1. The van der Waals surface area contributed by atoms with Crippen LogP contribution in [0.15, 0.2) is 48.3 Å². The molecule has 0 radical (unpaired) electrons. The minimum atomic E-state index is -1.15. The van der Waals surface area contributed by atoms with Gasteiger partial charge in [0, 0.05) is 12.7 Å². The summed E-state index contributed by atoms with van der Waals surface area (Å²) in [4.78, 5) is 12.6. The molecule has 24 heavy (non-hydrogen) atoms. The molecule has 2 rings (SSSR count). The summed E-state index contributed by atoms with van der Waals surface area (Å²) in [7, 11) is 0. The van der Waals surface area contributed by atoms with Gasteiger partial charge in [0.25, 0.3) is 0 Å². The lowest BCUT2D eigenvalue weighted by atomic mass is 9.90. The zero-order valence-corrected chi connectivity index (χ0v) is 14.1. The fourth-order valence-electron chi connectivity index (χ4n) is 2.57. The fraction of sp³-hybridized carbons (Fsp3) is 0.421. The van der Waals surface area contributed by atoms with Gasteiger partial charge in [0.15, 0.2) is 5.78 Å². The van der Waals surface area contributed by atoms with Crippen molar-refractivity contribution in [3.63, 3.8) is 0 Å². The molecule has 0 saturated carbocycles. The highest BCUT2D eigenvalue weighted by atomic mass is 16.7. The smallest absolute Gasteiger partial charge is 0.211 e. The predicted molar refractivity (Wildman–Crippen MR) is 91.0 cm³/mol. The number of allylic oxidation sites excluding steroid dienone is 1. The maximum Gasteiger partial charge on any atom is 0.211 e. The van der Waals surface area contributed by atoms with Gasteiger partial charge >= 0.3 is 0 Å². The summed E-state index contributed by atoms with van der Waals surface area (Å²) in [6, 6.07) is 6.28. The number of para-hydroxylation sites is 1. The Morgan fingerprint density at radius 3 is 2.58 bits per heavy atom. The van der Waals surface area contributed by atoms with Crippen LogP contribution in [0, 0.1) is 5.92 Å². The maximum absolute atomic E-state index is 12.6. The first-order chi connectivity index (χ1) is 11.5. The van der Waals surface area contributed by atoms with Crippen LogP contribution >= 0.6 is 0 Å². The number of unbranched alkanes of at least 4 members (excludes halogenated alkanes) is 1. The highest BCUT2D eigenvalue weighted by molar-refractivity contribution is 6.02. The van der Waals surface area contributed by atoms with Crippen molar-refractivity contribution in [2.24, 2.45) is 5.92 Å². The number of carbonyl (C=O) groups excluding carboxylic acids is 1. The molecule has 0 aromatic heterocycles. The van der Waals surface area contributed by atoms with Gasteiger partial charge in [-0.15, -0.1) is 0 Å². The largest absolute Gasteiger partial charge is 0.511 e. The van der Waals surface area contributed by atoms with Crippen molar-refractivity contribution in [3.05, 3.63) is 53.8 Å². The molecule has 1 aromatic rings. The highest BCUT2D eigenvalue weighted by Crippen LogP contribution is 2.31. The SMILES string of the molecule is CCCCOC1(OCC)C=CC(C(=O)c2ccccc2O)C(O)=C1. The Kier molecular flexibility index (Phi) is 6.17. The van der Waals surface area contributed by atoms with Crippen molar-refractivity contribution in [1.29, 1.82) is 0 Å². The Bertz CT molecular complexity index is 634. The first-order valence-electron chi connectivity index (χ1n) is 8.24. The van der Waals surface area contributed by atoms with Crippen LogP contribution in [0.5, 0.6) is 5.75 Å². The number of ether oxygens (including phenoxy) is 2. The second-order valence-electron chi connectivity index (χ2n) is 5.64. The van der Waals surface area contributed by atoms with Crippen LogP contribution in [0.1, 0.15) is 37.0 Å². The topological polar surface area (TPSA) is 76.0 Å². The fourth-order valence-corrected chi connectivity index (χ4v) is 2.57. The van der Waals surface area contributed by atoms with Gasteiger partial charge in [0.2, 0.25) is 5.79 Å². The molecular weight excluding hydrogens is 308 g/mol. The van der Waals surface area contributed by atoms with Crippen LogP contribution < -0.4 is 0 Å². The number of carbonyl (C=O) groups is 1. The minimum absolute atomic E-state index is 0.107. The Hall–Kier alpha value is -2.11. The molecule has 1 aromatic carbocycles. The molecule has 1 aliphatic carbocycles. The van der Waals surface area contributed by atoms with Gasteiger partial charge in [0.1, 0.15) is 11.5 Å². The average Bonchev–Trinajstić information content (AvgIpc) is 2.55. The number of hydrogen-bond donors (Lipinski definition) is 2. The molecule has 5 heteroatoms. The molecule has 0 aliphatic heterocycles. The number of aliphatic hydroxyl groups is 1. The summed E-state index contributed by atoms with van der Waals surface area (Å²) in [5.74, 6) is -2.64. The summed E-state index contributed by atoms with van der Waals surface area (Å²) >= 11 is 0. The molecule has 2 unspecified atom stereocenters. The van der Waals surface area contributed by atoms with E-state index in [9.17, 15) is 15.0 Å². The third-order valence-electron chi connectivity index (χ3n) is 3.84. The number of aromatic hydroxyl groups is 1. The Morgan fingerprint density at radius 1 is 1.21 bits per heavy atom. The van der Waals surface area contributed by atoms with Crippen molar-refractivity contribution >= 4 is 5.78 Å². The van der Waals surface area contributed by atoms with E-state index in [1.165, 1.54) is 18.2 Å². The number of aliphatic hydroxyl groups excluding tert-OH is 1. The van der Waals surface area contributed by atoms with Crippen LogP contribution in [0.3, 0.4) is 0 Å². The van der Waals surface area contributed by atoms with Gasteiger partial charge in [-0.1, -0.05) is 31.6 Å². The van der Waals surface area contributed by atoms with E-state index in [0.717, 1.165) is 12.8 Å². The zero-order chi connectivity index (χ0) is 17.6. The van der Waals surface area contributed by atoms with Crippen LogP contribution in [0.4, 0.5) is 0 Å². The number of phenols is 1. The molecule has 1 aliphatic rings. The monoisotopic (exact) mass is 332 g/mol. The van der Waals surface area contributed by atoms with E-state index in [-0.39, 0.29) is 22.9 Å². The normalized spacial score (nSPS) is 23.1. The lowest BCUT2D eigenvalue weighted by Crippen LogP contribution is -2.36. The third-order valence-corrected chi connectivity index (χ3v) is 3.84. The van der Waals surface area contributed by atoms with Crippen molar-refractivity contribution in [2.45, 2.75) is 32.5 Å². The summed E-state index contributed by atoms with van der Waals surface area (Å²) in [6.45, 7) is 4.78. The van der Waals surface area contributed by atoms with Crippen molar-refractivity contribution in [1.82, 2.24) is 0 Å². The van der Waals surface area contributed by atoms with Crippen molar-refractivity contribution < 1.29 is 24.5 Å². The number of hydrogen-bond acceptors (Lipinski definition) is 5. The summed E-state index contributed by atoms with van der Waals surface area (Å²) in [6.07, 6.45) is 6.49. The van der Waals surface area contributed by atoms with Gasteiger partial charge in [-0.3, -0.25) is 4.79 Å². The molecule has 2 atom stereocenters. The van der Waals surface area contributed by atoms with E-state index in [2.05, 4.69) is 6.92 Å². The predicted octanol–water partition coefficient (Wildman–Crippen LogP) is 3.75. The highest BCUT2D eigenvalue weighted by Gasteiger charge is 2.35. The molecule has 0 amide bonds. The van der Waals surface area contributed by atoms with E-state index in [4.69, 9.17) is 9.47 Å². The molecular formula is C19H24O5. The molecule has 130 valence electrons. The van der Waals surface area contributed by atoms with Crippen LogP contribution in [-0.2, 0) is 9.47 Å². The van der Waals surface area contributed by atoms with Crippen molar-refractivity contribution in [3.8, 4) is 5.75 Å². The van der Waals surface area contributed by atoms with Crippen LogP contribution in [0.2, 0.25) is 0 Å². The summed E-state index contributed by atoms with van der Waals surface area (Å²) in [5, 5.41) is 20.2. The Morgan fingerprint density at radius 2 is 1.96 bits per heavy atom. The minimum Gasteiger partial charge on any atom is -0.511 e. The number of phenolic OH excluding ortho intramolecular Hbond substituents is 1. The van der Waals surface area contributed by atoms with Crippen LogP contribution in [-0.4, -0.2) is 35.0 Å². The molecule has 2 N–H and O–H groups in total. The second-order valence-corrected chi connectivity index (χ2v) is 5.64. The molecule has 0 bridgehead atoms. The van der Waals surface area contributed by atoms with E-state index in [0.29, 0.717) is 13.2 Å². The van der Waals surface area contributed by atoms with Crippen LogP contribution in [0.25, 0.3) is 0 Å². The molecule has 0 heterocycles. The molecule has 5 nitrogen and oxygen atoms in total. The quantitative estimate of drug-likeness (QED) is 0.328. The lowest BCUT2D eigenvalue weighted by Gasteiger charge is -2.31. The van der Waals surface area contributed by atoms with E-state index in [1.54, 1.807) is 24.3 Å². The number of benzene rings is 1. The van der Waals surface area contributed by atoms with Gasteiger partial charge in [0.05, 0.1) is 18.1 Å². The van der Waals surface area contributed by atoms with Gasteiger partial charge in [-0.2, -0.15) is 0 Å². The second kappa shape index (κ2) is 8.13. The Labute approximate surface area is 142 Å². The summed E-state index contributed by atoms with van der Waals surface area (Å²) < 4.78 is 11.4. The van der Waals surface area contributed by atoms with Crippen molar-refractivity contribution in [2.75, 3.05) is 13.2 Å². The van der Waals surface area contributed by atoms with Gasteiger partial charge < -0.3 is 19.7 Å². The van der Waals surface area contributed by atoms with Gasteiger partial charge in [-0.05, 0) is 31.6 Å². The average molecular weight is 332 g/mol. The molecule has 0 saturated heterocycles. The first kappa shape index (κ1) is 18.2. The Balaban J connectivity index is 2.21. The number of rotatable bonds is 8. The standard InChI is InChI=1S/C19H24O5/c1-3-5-12-24-19(23-4-2)11-10-15(17(21)13-19)18(22)14-8-6-7-9-16(14)20/h6-11,13,15,20-21H,3-5,12H2,1-2H3. The van der Waals surface area contributed by atoms with E-state index < -0.39 is 11.7 Å². The molecule has 0 fully saturated rings. The van der Waals surface area contributed by atoms with E-state index >= 15 is 0 Å². The van der Waals surface area contributed by atoms with E-state index in [1.807, 2.05) is 6.92 Å². The maximum atomic E-state index is 12.6. The number of ketones is 1. The van der Waals surface area contributed by atoms with Gasteiger partial charge in [-0.25, -0.2) is 0 Å². The third kappa shape index (κ3) is 4.04.